The molecule has 28 heavy (non-hydrogen) atoms. The van der Waals surface area contributed by atoms with Gasteiger partial charge in [-0.15, -0.1) is 17.5 Å². The molecule has 1 N–H and O–H groups in total. The van der Waals surface area contributed by atoms with E-state index >= 15 is 0 Å². The van der Waals surface area contributed by atoms with E-state index in [0.29, 0.717) is 24.0 Å². The molecule has 2 aromatic rings. The van der Waals surface area contributed by atoms with Crippen molar-refractivity contribution in [3.05, 3.63) is 35.7 Å². The Kier molecular flexibility index (Phi) is 6.25. The van der Waals surface area contributed by atoms with Crippen LogP contribution < -0.4 is 10.1 Å². The van der Waals surface area contributed by atoms with Gasteiger partial charge in [-0.3, -0.25) is 4.79 Å². The number of nitrogens with zero attached hydrogens (tertiary/aromatic N) is 4. The maximum absolute atomic E-state index is 13.0. The number of hydrogen-bond acceptors (Lipinski definition) is 5. The average Bonchev–Trinajstić information content (AvgIpc) is 3.35. The van der Waals surface area contributed by atoms with Crippen molar-refractivity contribution in [3.8, 4) is 11.4 Å². The summed E-state index contributed by atoms with van der Waals surface area (Å²) in [5.74, 6) is 1.97. The fourth-order valence-electron chi connectivity index (χ4n) is 4.10. The number of benzene rings is 1. The summed E-state index contributed by atoms with van der Waals surface area (Å²) in [6.07, 6.45) is 0.827. The third-order valence-corrected chi connectivity index (χ3v) is 5.43. The van der Waals surface area contributed by atoms with Crippen molar-refractivity contribution in [1.82, 2.24) is 25.2 Å². The van der Waals surface area contributed by atoms with Crippen LogP contribution in [-0.4, -0.2) is 58.1 Å². The normalized spacial score (nSPS) is 20.9. The molecule has 1 amide bonds. The maximum Gasteiger partial charge on any atom is 0.276 e. The molecule has 2 aliphatic rings. The van der Waals surface area contributed by atoms with Gasteiger partial charge in [-0.2, -0.15) is 0 Å². The highest BCUT2D eigenvalue weighted by Gasteiger charge is 2.39. The number of carbonyl (C=O) groups excluding carboxylic acids is 1. The molecule has 4 rings (SSSR count). The zero-order valence-corrected chi connectivity index (χ0v) is 17.4. The van der Waals surface area contributed by atoms with E-state index in [0.717, 1.165) is 43.3 Å². The van der Waals surface area contributed by atoms with Crippen LogP contribution in [-0.2, 0) is 6.42 Å². The van der Waals surface area contributed by atoms with E-state index in [1.807, 2.05) is 49.9 Å². The minimum atomic E-state index is 0. The van der Waals surface area contributed by atoms with Gasteiger partial charge in [0.2, 0.25) is 0 Å². The summed E-state index contributed by atoms with van der Waals surface area (Å²) in [6.45, 7) is 9.67. The van der Waals surface area contributed by atoms with E-state index in [2.05, 4.69) is 15.6 Å². The van der Waals surface area contributed by atoms with Gasteiger partial charge in [-0.1, -0.05) is 12.1 Å². The van der Waals surface area contributed by atoms with Crippen molar-refractivity contribution in [1.29, 1.82) is 0 Å². The number of rotatable bonds is 5. The molecule has 0 saturated carbocycles. The molecule has 1 aromatic heterocycles. The van der Waals surface area contributed by atoms with Crippen molar-refractivity contribution in [3.63, 3.8) is 0 Å². The molecule has 2 atom stereocenters. The molecule has 2 fully saturated rings. The number of aromatic nitrogens is 3. The first-order valence-corrected chi connectivity index (χ1v) is 9.78. The maximum atomic E-state index is 13.0. The monoisotopic (exact) mass is 405 g/mol. The topological polar surface area (TPSA) is 72.3 Å². The standard InChI is InChI=1S/C20H27N5O2.ClH/c1-4-18-19(20(26)24-11-14-9-21-10-15(14)12-24)22-23-25(18)16-5-7-17(8-6-16)27-13(2)3;/h5-8,13-15,21H,4,9-12H2,1-3H3;1H/t14-,15+;. The van der Waals surface area contributed by atoms with Gasteiger partial charge >= 0.3 is 0 Å². The Labute approximate surface area is 171 Å². The van der Waals surface area contributed by atoms with Crippen molar-refractivity contribution in [2.24, 2.45) is 11.8 Å². The van der Waals surface area contributed by atoms with Gasteiger partial charge in [0.15, 0.2) is 5.69 Å². The van der Waals surface area contributed by atoms with E-state index in [1.165, 1.54) is 0 Å². The Bertz CT molecular complexity index is 809. The second kappa shape index (κ2) is 8.49. The van der Waals surface area contributed by atoms with Gasteiger partial charge < -0.3 is 15.0 Å². The van der Waals surface area contributed by atoms with E-state index in [-0.39, 0.29) is 24.4 Å². The van der Waals surface area contributed by atoms with Crippen molar-refractivity contribution >= 4 is 18.3 Å². The molecule has 0 spiro atoms. The first kappa shape index (κ1) is 20.6. The van der Waals surface area contributed by atoms with Gasteiger partial charge in [0.1, 0.15) is 5.75 Å². The minimum Gasteiger partial charge on any atom is -0.491 e. The van der Waals surface area contributed by atoms with Crippen LogP contribution in [0.1, 0.15) is 37.0 Å². The van der Waals surface area contributed by atoms with Gasteiger partial charge in [0, 0.05) is 26.2 Å². The third kappa shape index (κ3) is 3.86. The summed E-state index contributed by atoms with van der Waals surface area (Å²) in [6, 6.07) is 7.75. The molecule has 0 radical (unpaired) electrons. The van der Waals surface area contributed by atoms with Gasteiger partial charge in [-0.05, 0) is 56.4 Å². The highest BCUT2D eigenvalue weighted by atomic mass is 35.5. The van der Waals surface area contributed by atoms with Gasteiger partial charge in [0.05, 0.1) is 17.5 Å². The zero-order valence-electron chi connectivity index (χ0n) is 16.6. The third-order valence-electron chi connectivity index (χ3n) is 5.43. The Balaban J connectivity index is 0.00000225. The van der Waals surface area contributed by atoms with Crippen LogP contribution >= 0.6 is 12.4 Å². The van der Waals surface area contributed by atoms with Crippen molar-refractivity contribution < 1.29 is 9.53 Å². The summed E-state index contributed by atoms with van der Waals surface area (Å²) in [5, 5.41) is 11.9. The summed E-state index contributed by atoms with van der Waals surface area (Å²) in [7, 11) is 0. The molecular formula is C20H28ClN5O2. The largest absolute Gasteiger partial charge is 0.491 e. The molecule has 2 aliphatic heterocycles. The van der Waals surface area contributed by atoms with Crippen LogP contribution in [0.25, 0.3) is 5.69 Å². The van der Waals surface area contributed by atoms with E-state index in [9.17, 15) is 4.79 Å². The first-order chi connectivity index (χ1) is 13.1. The predicted octanol–water partition coefficient (Wildman–Crippen LogP) is 2.33. The highest BCUT2D eigenvalue weighted by Crippen LogP contribution is 2.28. The Morgan fingerprint density at radius 1 is 1.21 bits per heavy atom. The zero-order chi connectivity index (χ0) is 19.0. The number of ether oxygens (including phenoxy) is 1. The van der Waals surface area contributed by atoms with Crippen LogP contribution in [0.15, 0.2) is 24.3 Å². The Hall–Kier alpha value is -2.12. The molecular weight excluding hydrogens is 378 g/mol. The number of fused-ring (bicyclic) bond motifs is 1. The number of carbonyl (C=O) groups is 1. The fraction of sp³-hybridized carbons (Fsp3) is 0.550. The molecule has 2 saturated heterocycles. The summed E-state index contributed by atoms with van der Waals surface area (Å²) < 4.78 is 7.47. The van der Waals surface area contributed by atoms with Crippen LogP contribution in [0.3, 0.4) is 0 Å². The van der Waals surface area contributed by atoms with E-state index < -0.39 is 0 Å². The van der Waals surface area contributed by atoms with Gasteiger partial charge in [-0.25, -0.2) is 4.68 Å². The average molecular weight is 406 g/mol. The molecule has 1 aromatic carbocycles. The molecule has 152 valence electrons. The number of amides is 1. The van der Waals surface area contributed by atoms with Crippen LogP contribution in [0.2, 0.25) is 0 Å². The quantitative estimate of drug-likeness (QED) is 0.826. The molecule has 8 heteroatoms. The van der Waals surface area contributed by atoms with Crippen LogP contribution in [0.5, 0.6) is 5.75 Å². The molecule has 7 nitrogen and oxygen atoms in total. The van der Waals surface area contributed by atoms with Crippen molar-refractivity contribution in [2.75, 3.05) is 26.2 Å². The van der Waals surface area contributed by atoms with Crippen LogP contribution in [0, 0.1) is 11.8 Å². The predicted molar refractivity (Wildman–Crippen MR) is 110 cm³/mol. The lowest BCUT2D eigenvalue weighted by molar-refractivity contribution is 0.0774. The van der Waals surface area contributed by atoms with Crippen molar-refractivity contribution in [2.45, 2.75) is 33.3 Å². The Morgan fingerprint density at radius 3 is 2.43 bits per heavy atom. The SMILES string of the molecule is CCc1c(C(=O)N2C[C@H]3CNC[C@H]3C2)nnn1-c1ccc(OC(C)C)cc1.Cl. The van der Waals surface area contributed by atoms with Gasteiger partial charge in [0.25, 0.3) is 5.91 Å². The fourth-order valence-corrected chi connectivity index (χ4v) is 4.10. The van der Waals surface area contributed by atoms with E-state index in [4.69, 9.17) is 4.74 Å². The number of nitrogens with one attached hydrogen (secondary N) is 1. The second-order valence-corrected chi connectivity index (χ2v) is 7.70. The number of likely N-dealkylation sites (tertiary alicyclic amines) is 1. The van der Waals surface area contributed by atoms with Crippen LogP contribution in [0.4, 0.5) is 0 Å². The number of halogens is 1. The summed E-state index contributed by atoms with van der Waals surface area (Å²) in [4.78, 5) is 15.0. The second-order valence-electron chi connectivity index (χ2n) is 7.70. The smallest absolute Gasteiger partial charge is 0.276 e. The number of hydrogen-bond donors (Lipinski definition) is 1. The molecule has 3 heterocycles. The lowest BCUT2D eigenvalue weighted by Gasteiger charge is -2.17. The summed E-state index contributed by atoms with van der Waals surface area (Å²) in [5.41, 5.74) is 2.22. The van der Waals surface area contributed by atoms with E-state index in [1.54, 1.807) is 4.68 Å². The molecule has 0 unspecified atom stereocenters. The lowest BCUT2D eigenvalue weighted by atomic mass is 10.0. The summed E-state index contributed by atoms with van der Waals surface area (Å²) >= 11 is 0. The highest BCUT2D eigenvalue weighted by molar-refractivity contribution is 5.93. The molecule has 0 bridgehead atoms. The lowest BCUT2D eigenvalue weighted by Crippen LogP contribution is -2.32. The molecule has 0 aliphatic carbocycles. The Morgan fingerprint density at radius 2 is 1.86 bits per heavy atom. The first-order valence-electron chi connectivity index (χ1n) is 9.78. The minimum absolute atomic E-state index is 0.